The standard InChI is InChI=1S/C20H26FNO2S/c21-18-9-7-17(8-10-18)5-1-2-6-19-11-12-20(24)22(19)13-16-25-15-4-3-14-23/h2,6-10,14,19H,1,3-5,11-13,15-16H2/b6-2+. The first-order valence-electron chi connectivity index (χ1n) is 8.92. The van der Waals surface area contributed by atoms with Crippen LogP contribution < -0.4 is 0 Å². The Morgan fingerprint density at radius 3 is 2.76 bits per heavy atom. The molecule has 1 fully saturated rings. The van der Waals surface area contributed by atoms with Gasteiger partial charge in [0, 0.05) is 25.1 Å². The Labute approximate surface area is 153 Å². The second-order valence-corrected chi connectivity index (χ2v) is 7.43. The first kappa shape index (κ1) is 19.7. The average molecular weight is 363 g/mol. The fraction of sp³-hybridized carbons (Fsp3) is 0.500. The summed E-state index contributed by atoms with van der Waals surface area (Å²) >= 11 is 1.80. The van der Waals surface area contributed by atoms with Gasteiger partial charge in [-0.1, -0.05) is 24.3 Å². The Morgan fingerprint density at radius 2 is 2.00 bits per heavy atom. The van der Waals surface area contributed by atoms with Crippen LogP contribution in [-0.4, -0.2) is 41.2 Å². The molecule has 0 bridgehead atoms. The van der Waals surface area contributed by atoms with Crippen molar-refractivity contribution in [3.63, 3.8) is 0 Å². The van der Waals surface area contributed by atoms with Crippen LogP contribution in [0.4, 0.5) is 4.39 Å². The summed E-state index contributed by atoms with van der Waals surface area (Å²) < 4.78 is 12.9. The molecule has 0 aromatic heterocycles. The Hall–Kier alpha value is -1.62. The lowest BCUT2D eigenvalue weighted by Crippen LogP contribution is -2.33. The van der Waals surface area contributed by atoms with Crippen LogP contribution in [0.25, 0.3) is 0 Å². The molecular weight excluding hydrogens is 337 g/mol. The maximum Gasteiger partial charge on any atom is 0.223 e. The van der Waals surface area contributed by atoms with Crippen LogP contribution >= 0.6 is 11.8 Å². The Kier molecular flexibility index (Phi) is 8.73. The summed E-state index contributed by atoms with van der Waals surface area (Å²) in [7, 11) is 0. The van der Waals surface area contributed by atoms with E-state index in [-0.39, 0.29) is 17.8 Å². The molecule has 0 spiro atoms. The summed E-state index contributed by atoms with van der Waals surface area (Å²) in [5, 5.41) is 0. The van der Waals surface area contributed by atoms with Gasteiger partial charge in [0.1, 0.15) is 12.1 Å². The molecule has 1 amide bonds. The quantitative estimate of drug-likeness (QED) is 0.339. The van der Waals surface area contributed by atoms with E-state index in [1.54, 1.807) is 11.8 Å². The minimum absolute atomic E-state index is 0.205. The minimum Gasteiger partial charge on any atom is -0.335 e. The van der Waals surface area contributed by atoms with Gasteiger partial charge in [0.05, 0.1) is 6.04 Å². The lowest BCUT2D eigenvalue weighted by molar-refractivity contribution is -0.128. The summed E-state index contributed by atoms with van der Waals surface area (Å²) in [6.45, 7) is 0.775. The molecule has 5 heteroatoms. The van der Waals surface area contributed by atoms with Crippen molar-refractivity contribution in [2.45, 2.75) is 44.6 Å². The van der Waals surface area contributed by atoms with Gasteiger partial charge in [-0.3, -0.25) is 4.79 Å². The van der Waals surface area contributed by atoms with E-state index >= 15 is 0 Å². The van der Waals surface area contributed by atoms with Crippen molar-refractivity contribution in [3.8, 4) is 0 Å². The molecule has 0 radical (unpaired) electrons. The van der Waals surface area contributed by atoms with Gasteiger partial charge in [-0.25, -0.2) is 4.39 Å². The van der Waals surface area contributed by atoms with Crippen LogP contribution in [-0.2, 0) is 16.0 Å². The molecule has 136 valence electrons. The zero-order chi connectivity index (χ0) is 17.9. The molecule has 1 aromatic carbocycles. The number of aryl methyl sites for hydroxylation is 1. The number of rotatable bonds is 11. The second-order valence-electron chi connectivity index (χ2n) is 6.21. The highest BCUT2D eigenvalue weighted by Crippen LogP contribution is 2.21. The molecule has 1 aliphatic rings. The third kappa shape index (κ3) is 7.02. The Balaban J connectivity index is 1.70. The average Bonchev–Trinajstić information content (AvgIpc) is 2.96. The number of carbonyl (C=O) groups excluding carboxylic acids is 2. The van der Waals surface area contributed by atoms with Crippen molar-refractivity contribution in [3.05, 3.63) is 47.8 Å². The molecular formula is C20H26FNO2S. The number of aldehydes is 1. The predicted molar refractivity (Wildman–Crippen MR) is 101 cm³/mol. The molecule has 1 atom stereocenters. The van der Waals surface area contributed by atoms with Gasteiger partial charge in [-0.15, -0.1) is 0 Å². The first-order chi connectivity index (χ1) is 12.2. The van der Waals surface area contributed by atoms with Gasteiger partial charge < -0.3 is 9.69 Å². The smallest absolute Gasteiger partial charge is 0.223 e. The number of likely N-dealkylation sites (tertiary alicyclic amines) is 1. The molecule has 1 unspecified atom stereocenters. The van der Waals surface area contributed by atoms with E-state index in [1.165, 1.54) is 12.1 Å². The van der Waals surface area contributed by atoms with E-state index in [2.05, 4.69) is 12.2 Å². The molecule has 2 rings (SSSR count). The van der Waals surface area contributed by atoms with Gasteiger partial charge in [0.25, 0.3) is 0 Å². The molecule has 1 heterocycles. The van der Waals surface area contributed by atoms with Crippen molar-refractivity contribution in [1.82, 2.24) is 4.90 Å². The lowest BCUT2D eigenvalue weighted by Gasteiger charge is -2.22. The summed E-state index contributed by atoms with van der Waals surface area (Å²) in [5.74, 6) is 1.92. The van der Waals surface area contributed by atoms with Crippen molar-refractivity contribution >= 4 is 24.0 Å². The number of unbranched alkanes of at least 4 members (excludes halogenated alkanes) is 1. The number of halogens is 1. The fourth-order valence-corrected chi connectivity index (χ4v) is 3.84. The maximum atomic E-state index is 12.9. The van der Waals surface area contributed by atoms with Gasteiger partial charge in [0.15, 0.2) is 0 Å². The van der Waals surface area contributed by atoms with E-state index in [1.807, 2.05) is 17.0 Å². The molecule has 0 saturated carbocycles. The zero-order valence-corrected chi connectivity index (χ0v) is 15.3. The SMILES string of the molecule is O=CCCCSCCN1C(=O)CCC1/C=C/CCc1ccc(F)cc1. The monoisotopic (exact) mass is 363 g/mol. The van der Waals surface area contributed by atoms with Crippen molar-refractivity contribution in [1.29, 1.82) is 0 Å². The molecule has 1 aromatic rings. The normalized spacial score (nSPS) is 17.6. The van der Waals surface area contributed by atoms with Gasteiger partial charge >= 0.3 is 0 Å². The first-order valence-corrected chi connectivity index (χ1v) is 10.1. The van der Waals surface area contributed by atoms with Crippen molar-refractivity contribution in [2.75, 3.05) is 18.1 Å². The highest BCUT2D eigenvalue weighted by atomic mass is 32.2. The number of amides is 1. The van der Waals surface area contributed by atoms with Gasteiger partial charge in [-0.05, 0) is 49.1 Å². The van der Waals surface area contributed by atoms with Crippen LogP contribution in [0.1, 0.15) is 37.7 Å². The summed E-state index contributed by atoms with van der Waals surface area (Å²) in [4.78, 5) is 24.3. The number of hydrogen-bond acceptors (Lipinski definition) is 3. The highest BCUT2D eigenvalue weighted by molar-refractivity contribution is 7.99. The second kappa shape index (κ2) is 11.1. The fourth-order valence-electron chi connectivity index (χ4n) is 2.93. The van der Waals surface area contributed by atoms with E-state index < -0.39 is 0 Å². The molecule has 3 nitrogen and oxygen atoms in total. The van der Waals surface area contributed by atoms with Crippen LogP contribution in [0.15, 0.2) is 36.4 Å². The predicted octanol–water partition coefficient (Wildman–Crippen LogP) is 4.02. The van der Waals surface area contributed by atoms with Crippen LogP contribution in [0.2, 0.25) is 0 Å². The van der Waals surface area contributed by atoms with E-state index in [0.29, 0.717) is 12.8 Å². The molecule has 0 aliphatic carbocycles. The van der Waals surface area contributed by atoms with Gasteiger partial charge in [-0.2, -0.15) is 11.8 Å². The van der Waals surface area contributed by atoms with Crippen molar-refractivity contribution < 1.29 is 14.0 Å². The largest absolute Gasteiger partial charge is 0.335 e. The Morgan fingerprint density at radius 1 is 1.20 bits per heavy atom. The number of nitrogens with zero attached hydrogens (tertiary/aromatic N) is 1. The van der Waals surface area contributed by atoms with E-state index in [0.717, 1.165) is 55.6 Å². The minimum atomic E-state index is -0.205. The lowest BCUT2D eigenvalue weighted by atomic mass is 10.1. The molecule has 1 saturated heterocycles. The number of benzene rings is 1. The van der Waals surface area contributed by atoms with E-state index in [4.69, 9.17) is 0 Å². The zero-order valence-electron chi connectivity index (χ0n) is 14.5. The molecule has 0 N–H and O–H groups in total. The highest BCUT2D eigenvalue weighted by Gasteiger charge is 2.28. The van der Waals surface area contributed by atoms with Crippen LogP contribution in [0.5, 0.6) is 0 Å². The third-order valence-corrected chi connectivity index (χ3v) is 5.38. The topological polar surface area (TPSA) is 37.4 Å². The number of carbonyl (C=O) groups is 2. The number of hydrogen-bond donors (Lipinski definition) is 0. The molecule has 25 heavy (non-hydrogen) atoms. The summed E-state index contributed by atoms with van der Waals surface area (Å²) in [5.41, 5.74) is 1.12. The van der Waals surface area contributed by atoms with Gasteiger partial charge in [0.2, 0.25) is 5.91 Å². The summed E-state index contributed by atoms with van der Waals surface area (Å²) in [6, 6.07) is 6.82. The molecule has 1 aliphatic heterocycles. The Bertz CT molecular complexity index is 574. The van der Waals surface area contributed by atoms with E-state index in [9.17, 15) is 14.0 Å². The van der Waals surface area contributed by atoms with Crippen LogP contribution in [0.3, 0.4) is 0 Å². The maximum absolute atomic E-state index is 12.9. The number of thioether (sulfide) groups is 1. The third-order valence-electron chi connectivity index (χ3n) is 4.33. The summed E-state index contributed by atoms with van der Waals surface area (Å²) in [6.07, 6.45) is 10.1. The van der Waals surface area contributed by atoms with Crippen LogP contribution in [0, 0.1) is 5.82 Å². The van der Waals surface area contributed by atoms with Crippen molar-refractivity contribution in [2.24, 2.45) is 0 Å². The number of allylic oxidation sites excluding steroid dienone is 1.